The normalized spacial score (nSPS) is 36.8. The molecule has 2 aliphatic carbocycles. The number of nitrogens with one attached hydrogen (secondary N) is 1. The fourth-order valence-corrected chi connectivity index (χ4v) is 6.60. The Bertz CT molecular complexity index is 871. The summed E-state index contributed by atoms with van der Waals surface area (Å²) in [4.78, 5) is 26.0. The van der Waals surface area contributed by atoms with Crippen molar-refractivity contribution in [2.45, 2.75) is 27.9 Å². The summed E-state index contributed by atoms with van der Waals surface area (Å²) in [7, 11) is 0. The first kappa shape index (κ1) is 16.3. The maximum absolute atomic E-state index is 13.1. The highest BCUT2D eigenvalue weighted by Gasteiger charge is 2.75. The van der Waals surface area contributed by atoms with Gasteiger partial charge in [0.05, 0.1) is 3.92 Å². The van der Waals surface area contributed by atoms with Crippen LogP contribution in [-0.2, 0) is 9.53 Å². The smallest absolute Gasteiger partial charge is 0.333 e. The molecule has 4 nitrogen and oxygen atoms in total. The van der Waals surface area contributed by atoms with Crippen LogP contribution in [0.5, 0.6) is 0 Å². The molecule has 3 fully saturated rings. The van der Waals surface area contributed by atoms with Crippen molar-refractivity contribution in [2.24, 2.45) is 11.8 Å². The summed E-state index contributed by atoms with van der Waals surface area (Å²) in [6.07, 6.45) is 0.822. The van der Waals surface area contributed by atoms with Crippen molar-refractivity contribution in [3.05, 3.63) is 71.8 Å². The molecule has 2 aromatic rings. The molecule has 132 valence electrons. The van der Waals surface area contributed by atoms with E-state index in [1.165, 1.54) is 0 Å². The van der Waals surface area contributed by atoms with Gasteiger partial charge in [0, 0.05) is 17.4 Å². The zero-order chi connectivity index (χ0) is 17.9. The molecule has 5 rings (SSSR count). The first-order chi connectivity index (χ1) is 12.6. The zero-order valence-corrected chi connectivity index (χ0v) is 16.1. The third kappa shape index (κ3) is 2.06. The van der Waals surface area contributed by atoms with E-state index in [0.29, 0.717) is 11.5 Å². The van der Waals surface area contributed by atoms with Crippen LogP contribution in [-0.4, -0.2) is 27.4 Å². The van der Waals surface area contributed by atoms with Crippen LogP contribution < -0.4 is 5.32 Å². The lowest BCUT2D eigenvalue weighted by molar-refractivity contribution is -0.145. The standard InChI is InChI=1S/C21H18INO3/c22-17-14-11-15-18(17)26-20(25)21(15,16(14)12-7-3-1-4-8-12)23-19(24)13-9-5-2-6-10-13/h1-10,14-18H,11H2,(H,23,24)/t14-,15-,16-,17-,18-,21-/m0/s1. The van der Waals surface area contributed by atoms with Gasteiger partial charge in [0.1, 0.15) is 6.10 Å². The largest absolute Gasteiger partial charge is 0.459 e. The van der Waals surface area contributed by atoms with Crippen molar-refractivity contribution in [1.82, 2.24) is 5.32 Å². The van der Waals surface area contributed by atoms with Gasteiger partial charge in [0.25, 0.3) is 5.91 Å². The van der Waals surface area contributed by atoms with Crippen molar-refractivity contribution in [2.75, 3.05) is 0 Å². The van der Waals surface area contributed by atoms with Gasteiger partial charge in [-0.2, -0.15) is 0 Å². The average Bonchev–Trinajstić information content (AvgIpc) is 3.24. The number of amides is 1. The van der Waals surface area contributed by atoms with Crippen LogP contribution in [0.15, 0.2) is 60.7 Å². The highest BCUT2D eigenvalue weighted by atomic mass is 127. The highest BCUT2D eigenvalue weighted by Crippen LogP contribution is 2.65. The molecule has 1 heterocycles. The highest BCUT2D eigenvalue weighted by molar-refractivity contribution is 14.1. The quantitative estimate of drug-likeness (QED) is 0.436. The maximum atomic E-state index is 13.1. The van der Waals surface area contributed by atoms with Gasteiger partial charge >= 0.3 is 5.97 Å². The number of ether oxygens (including phenoxy) is 1. The lowest BCUT2D eigenvalue weighted by Gasteiger charge is -2.39. The summed E-state index contributed by atoms with van der Waals surface area (Å²) < 4.78 is 6.07. The van der Waals surface area contributed by atoms with E-state index in [-0.39, 0.29) is 33.7 Å². The van der Waals surface area contributed by atoms with Crippen LogP contribution in [0.1, 0.15) is 28.3 Å². The van der Waals surface area contributed by atoms with Gasteiger partial charge in [-0.05, 0) is 30.0 Å². The van der Waals surface area contributed by atoms with E-state index in [0.717, 1.165) is 12.0 Å². The second-order valence-corrected chi connectivity index (χ2v) is 8.84. The van der Waals surface area contributed by atoms with Crippen molar-refractivity contribution in [1.29, 1.82) is 0 Å². The number of alkyl halides is 1. The molecule has 0 aromatic heterocycles. The maximum Gasteiger partial charge on any atom is 0.333 e. The second kappa shape index (κ2) is 5.81. The predicted octanol–water partition coefficient (Wildman–Crippen LogP) is 3.32. The molecule has 5 heteroatoms. The Morgan fingerprint density at radius 1 is 1.08 bits per heavy atom. The molecule has 6 atom stereocenters. The van der Waals surface area contributed by atoms with Crippen molar-refractivity contribution in [3.8, 4) is 0 Å². The van der Waals surface area contributed by atoms with E-state index in [1.54, 1.807) is 12.1 Å². The van der Waals surface area contributed by atoms with Gasteiger partial charge in [-0.1, -0.05) is 71.1 Å². The van der Waals surface area contributed by atoms with Gasteiger partial charge in [-0.3, -0.25) is 4.79 Å². The number of halogens is 1. The van der Waals surface area contributed by atoms with E-state index in [2.05, 4.69) is 40.0 Å². The summed E-state index contributed by atoms with van der Waals surface area (Å²) in [5.74, 6) is -0.154. The fraction of sp³-hybridized carbons (Fsp3) is 0.333. The summed E-state index contributed by atoms with van der Waals surface area (Å²) >= 11 is 2.43. The summed E-state index contributed by atoms with van der Waals surface area (Å²) in [6.45, 7) is 0. The summed E-state index contributed by atoms with van der Waals surface area (Å²) in [5, 5.41) is 3.13. The van der Waals surface area contributed by atoms with E-state index >= 15 is 0 Å². The van der Waals surface area contributed by atoms with E-state index < -0.39 is 5.54 Å². The minimum absolute atomic E-state index is 0.0415. The molecular weight excluding hydrogens is 441 g/mol. The van der Waals surface area contributed by atoms with Gasteiger partial charge < -0.3 is 10.1 Å². The second-order valence-electron chi connectivity index (χ2n) is 7.40. The first-order valence-electron chi connectivity index (χ1n) is 8.90. The lowest BCUT2D eigenvalue weighted by Crippen LogP contribution is -2.60. The van der Waals surface area contributed by atoms with Crippen LogP contribution in [0.4, 0.5) is 0 Å². The Balaban J connectivity index is 1.60. The molecular formula is C21H18INO3. The van der Waals surface area contributed by atoms with Gasteiger partial charge in [-0.25, -0.2) is 4.79 Å². The number of hydrogen-bond acceptors (Lipinski definition) is 3. The Hall–Kier alpha value is -1.89. The number of rotatable bonds is 3. The molecule has 1 amide bonds. The molecule has 0 unspecified atom stereocenters. The van der Waals surface area contributed by atoms with Crippen LogP contribution >= 0.6 is 22.6 Å². The van der Waals surface area contributed by atoms with Crippen molar-refractivity contribution >= 4 is 34.5 Å². The number of hydrogen-bond donors (Lipinski definition) is 1. The third-order valence-electron chi connectivity index (χ3n) is 6.25. The SMILES string of the molecule is O=C(N[C@@]12C(=O)O[C@@H]3[C@@H](I)[C@@H](C[C@@H]31)[C@@H]2c1ccccc1)c1ccccc1. The van der Waals surface area contributed by atoms with Crippen LogP contribution in [0.3, 0.4) is 0 Å². The predicted molar refractivity (Wildman–Crippen MR) is 105 cm³/mol. The Morgan fingerprint density at radius 2 is 1.73 bits per heavy atom. The van der Waals surface area contributed by atoms with Gasteiger partial charge in [0.2, 0.25) is 0 Å². The van der Waals surface area contributed by atoms with Crippen LogP contribution in [0.25, 0.3) is 0 Å². The minimum Gasteiger partial charge on any atom is -0.459 e. The van der Waals surface area contributed by atoms with Crippen LogP contribution in [0, 0.1) is 11.8 Å². The number of esters is 1. The van der Waals surface area contributed by atoms with Gasteiger partial charge in [0.15, 0.2) is 5.54 Å². The van der Waals surface area contributed by atoms with E-state index in [9.17, 15) is 9.59 Å². The minimum atomic E-state index is -0.953. The number of carbonyl (C=O) groups is 2. The lowest BCUT2D eigenvalue weighted by atomic mass is 9.70. The van der Waals surface area contributed by atoms with E-state index in [1.807, 2.05) is 36.4 Å². The van der Waals surface area contributed by atoms with Gasteiger partial charge in [-0.15, -0.1) is 0 Å². The van der Waals surface area contributed by atoms with Crippen LogP contribution in [0.2, 0.25) is 0 Å². The molecule has 3 aliphatic rings. The number of fused-ring (bicyclic) bond motifs is 1. The molecule has 1 N–H and O–H groups in total. The number of carbonyl (C=O) groups excluding carboxylic acids is 2. The molecule has 1 saturated heterocycles. The summed E-state index contributed by atoms with van der Waals surface area (Å²) in [6, 6.07) is 19.2. The average molecular weight is 459 g/mol. The first-order valence-corrected chi connectivity index (χ1v) is 10.1. The monoisotopic (exact) mass is 459 g/mol. The van der Waals surface area contributed by atoms with Crippen molar-refractivity contribution in [3.63, 3.8) is 0 Å². The molecule has 1 aliphatic heterocycles. The Kier molecular flexibility index (Phi) is 3.64. The number of benzene rings is 2. The Labute approximate surface area is 165 Å². The molecule has 0 radical (unpaired) electrons. The van der Waals surface area contributed by atoms with Crippen molar-refractivity contribution < 1.29 is 14.3 Å². The molecule has 2 aromatic carbocycles. The topological polar surface area (TPSA) is 55.4 Å². The fourth-order valence-electron chi connectivity index (χ4n) is 5.24. The van der Waals surface area contributed by atoms with E-state index in [4.69, 9.17) is 4.74 Å². The summed E-state index contributed by atoms with van der Waals surface area (Å²) in [5.41, 5.74) is 0.719. The third-order valence-corrected chi connectivity index (χ3v) is 7.88. The Morgan fingerprint density at radius 3 is 2.42 bits per heavy atom. The molecule has 2 saturated carbocycles. The molecule has 26 heavy (non-hydrogen) atoms. The molecule has 0 spiro atoms. The zero-order valence-electron chi connectivity index (χ0n) is 14.0. The molecule has 2 bridgehead atoms.